The Morgan fingerprint density at radius 1 is 1.42 bits per heavy atom. The van der Waals surface area contributed by atoms with Crippen molar-refractivity contribution < 1.29 is 8.42 Å². The Morgan fingerprint density at radius 2 is 2.16 bits per heavy atom. The summed E-state index contributed by atoms with van der Waals surface area (Å²) in [4.78, 5) is 0. The molecule has 0 unspecified atom stereocenters. The maximum Gasteiger partial charge on any atom is 0.261 e. The molecule has 2 rings (SSSR count). The summed E-state index contributed by atoms with van der Waals surface area (Å²) in [5, 5.41) is 11.4. The minimum atomic E-state index is -3.60. The lowest BCUT2D eigenvalue weighted by Crippen LogP contribution is -2.29. The minimum absolute atomic E-state index is 0.0672. The summed E-state index contributed by atoms with van der Waals surface area (Å²) in [6, 6.07) is 1.80. The summed E-state index contributed by atoms with van der Waals surface area (Å²) in [5.41, 5.74) is 0.837. The third-order valence-electron chi connectivity index (χ3n) is 2.84. The molecule has 9 heteroatoms. The Balaban J connectivity index is 2.25. The molecule has 104 valence electrons. The highest BCUT2D eigenvalue weighted by atomic mass is 32.2. The Kier molecular flexibility index (Phi) is 3.67. The summed E-state index contributed by atoms with van der Waals surface area (Å²) in [6.45, 7) is 2.90. The van der Waals surface area contributed by atoms with E-state index in [4.69, 9.17) is 0 Å². The predicted octanol–water partition coefficient (Wildman–Crippen LogP) is -0.148. The first-order chi connectivity index (χ1) is 8.96. The van der Waals surface area contributed by atoms with E-state index in [0.29, 0.717) is 6.54 Å². The van der Waals surface area contributed by atoms with Crippen molar-refractivity contribution in [2.24, 2.45) is 7.05 Å². The molecule has 2 heterocycles. The summed E-state index contributed by atoms with van der Waals surface area (Å²) in [7, 11) is -0.528. The summed E-state index contributed by atoms with van der Waals surface area (Å²) < 4.78 is 28.9. The Labute approximate surface area is 111 Å². The zero-order chi connectivity index (χ0) is 14.0. The van der Waals surface area contributed by atoms with Crippen molar-refractivity contribution in [3.8, 4) is 0 Å². The lowest BCUT2D eigenvalue weighted by atomic mass is 10.4. The second-order valence-corrected chi connectivity index (χ2v) is 6.09. The molecule has 0 bridgehead atoms. The van der Waals surface area contributed by atoms with E-state index in [1.807, 2.05) is 6.92 Å². The number of aryl methyl sites for hydroxylation is 2. The van der Waals surface area contributed by atoms with Gasteiger partial charge in [0.1, 0.15) is 0 Å². The lowest BCUT2D eigenvalue weighted by molar-refractivity contribution is 0.440. The molecule has 19 heavy (non-hydrogen) atoms. The monoisotopic (exact) mass is 284 g/mol. The topological polar surface area (TPSA) is 85.9 Å². The van der Waals surface area contributed by atoms with Crippen molar-refractivity contribution >= 4 is 10.0 Å². The van der Waals surface area contributed by atoms with Crippen LogP contribution in [-0.4, -0.2) is 44.5 Å². The Morgan fingerprint density at radius 3 is 2.74 bits per heavy atom. The number of aromatic nitrogens is 5. The molecule has 0 saturated carbocycles. The number of sulfonamides is 1. The van der Waals surface area contributed by atoms with Gasteiger partial charge >= 0.3 is 0 Å². The third-order valence-corrected chi connectivity index (χ3v) is 4.68. The SMILES string of the molecule is CCn1nccc1CN(C)S(=O)(=O)c1cnnn1C. The van der Waals surface area contributed by atoms with Gasteiger partial charge in [0, 0.05) is 26.8 Å². The number of rotatable bonds is 5. The average Bonchev–Trinajstić information content (AvgIpc) is 2.97. The van der Waals surface area contributed by atoms with Crippen LogP contribution in [0.3, 0.4) is 0 Å². The van der Waals surface area contributed by atoms with E-state index in [1.54, 1.807) is 24.0 Å². The first-order valence-corrected chi connectivity index (χ1v) is 7.22. The van der Waals surface area contributed by atoms with E-state index in [9.17, 15) is 8.42 Å². The van der Waals surface area contributed by atoms with Crippen LogP contribution in [0.1, 0.15) is 12.6 Å². The molecule has 0 aliphatic carbocycles. The van der Waals surface area contributed by atoms with Gasteiger partial charge in [0.25, 0.3) is 10.0 Å². The number of hydrogen-bond acceptors (Lipinski definition) is 5. The fraction of sp³-hybridized carbons (Fsp3) is 0.500. The molecule has 2 aromatic rings. The van der Waals surface area contributed by atoms with Gasteiger partial charge in [0.2, 0.25) is 0 Å². The van der Waals surface area contributed by atoms with Crippen molar-refractivity contribution in [3.63, 3.8) is 0 Å². The van der Waals surface area contributed by atoms with E-state index in [1.165, 1.54) is 22.2 Å². The maximum absolute atomic E-state index is 12.3. The molecular weight excluding hydrogens is 268 g/mol. The van der Waals surface area contributed by atoms with Crippen molar-refractivity contribution in [3.05, 3.63) is 24.2 Å². The molecule has 0 N–H and O–H groups in total. The molecule has 0 saturated heterocycles. The largest absolute Gasteiger partial charge is 0.269 e. The zero-order valence-corrected chi connectivity index (χ0v) is 11.9. The first-order valence-electron chi connectivity index (χ1n) is 5.78. The second kappa shape index (κ2) is 5.10. The minimum Gasteiger partial charge on any atom is -0.269 e. The van der Waals surface area contributed by atoms with Crippen LogP contribution in [0.2, 0.25) is 0 Å². The molecule has 0 spiro atoms. The van der Waals surface area contributed by atoms with Crippen LogP contribution in [-0.2, 0) is 30.2 Å². The molecule has 0 fully saturated rings. The van der Waals surface area contributed by atoms with Gasteiger partial charge in [0.15, 0.2) is 5.03 Å². The van der Waals surface area contributed by atoms with Gasteiger partial charge in [0.05, 0.1) is 18.4 Å². The van der Waals surface area contributed by atoms with Gasteiger partial charge in [-0.15, -0.1) is 5.10 Å². The van der Waals surface area contributed by atoms with E-state index in [0.717, 1.165) is 5.69 Å². The molecule has 0 radical (unpaired) electrons. The molecule has 0 aromatic carbocycles. The third kappa shape index (κ3) is 2.51. The van der Waals surface area contributed by atoms with Crippen LogP contribution in [0.15, 0.2) is 23.5 Å². The highest BCUT2D eigenvalue weighted by Gasteiger charge is 2.25. The molecule has 8 nitrogen and oxygen atoms in total. The van der Waals surface area contributed by atoms with Gasteiger partial charge in [-0.05, 0) is 13.0 Å². The van der Waals surface area contributed by atoms with Gasteiger partial charge in [-0.2, -0.15) is 9.40 Å². The quantitative estimate of drug-likeness (QED) is 0.762. The number of hydrogen-bond donors (Lipinski definition) is 0. The molecule has 0 aliphatic heterocycles. The van der Waals surface area contributed by atoms with Gasteiger partial charge < -0.3 is 0 Å². The predicted molar refractivity (Wildman–Crippen MR) is 67.6 cm³/mol. The fourth-order valence-electron chi connectivity index (χ4n) is 1.77. The Bertz CT molecular complexity index is 659. The lowest BCUT2D eigenvalue weighted by Gasteiger charge is -2.17. The number of nitrogens with zero attached hydrogens (tertiary/aromatic N) is 6. The normalized spacial score (nSPS) is 12.2. The van der Waals surface area contributed by atoms with Crippen molar-refractivity contribution in [2.75, 3.05) is 7.05 Å². The van der Waals surface area contributed by atoms with Crippen molar-refractivity contribution in [2.45, 2.75) is 25.0 Å². The van der Waals surface area contributed by atoms with Crippen LogP contribution < -0.4 is 0 Å². The van der Waals surface area contributed by atoms with Gasteiger partial charge in [-0.25, -0.2) is 13.1 Å². The summed E-state index contributed by atoms with van der Waals surface area (Å²) in [5.74, 6) is 0. The molecule has 0 aliphatic rings. The average molecular weight is 284 g/mol. The summed E-state index contributed by atoms with van der Waals surface area (Å²) >= 11 is 0. The highest BCUT2D eigenvalue weighted by Crippen LogP contribution is 2.14. The molecule has 0 amide bonds. The van der Waals surface area contributed by atoms with Gasteiger partial charge in [-0.1, -0.05) is 5.21 Å². The maximum atomic E-state index is 12.3. The van der Waals surface area contributed by atoms with Gasteiger partial charge in [-0.3, -0.25) is 4.68 Å². The van der Waals surface area contributed by atoms with Crippen LogP contribution in [0, 0.1) is 0 Å². The second-order valence-electron chi connectivity index (χ2n) is 4.10. The van der Waals surface area contributed by atoms with Crippen LogP contribution in [0.5, 0.6) is 0 Å². The molecule has 0 atom stereocenters. The Hall–Kier alpha value is -1.74. The van der Waals surface area contributed by atoms with E-state index in [-0.39, 0.29) is 11.6 Å². The van der Waals surface area contributed by atoms with Crippen LogP contribution in [0.4, 0.5) is 0 Å². The van der Waals surface area contributed by atoms with E-state index >= 15 is 0 Å². The van der Waals surface area contributed by atoms with Crippen LogP contribution in [0.25, 0.3) is 0 Å². The van der Waals surface area contributed by atoms with Crippen molar-refractivity contribution in [1.29, 1.82) is 0 Å². The van der Waals surface area contributed by atoms with Crippen LogP contribution >= 0.6 is 0 Å². The van der Waals surface area contributed by atoms with E-state index < -0.39 is 10.0 Å². The first kappa shape index (κ1) is 13.7. The molecule has 2 aromatic heterocycles. The fourth-order valence-corrected chi connectivity index (χ4v) is 2.94. The van der Waals surface area contributed by atoms with E-state index in [2.05, 4.69) is 15.4 Å². The smallest absolute Gasteiger partial charge is 0.261 e. The summed E-state index contributed by atoms with van der Waals surface area (Å²) in [6.07, 6.45) is 2.90. The molecular formula is C10H16N6O2S. The standard InChI is InChI=1S/C10H16N6O2S/c1-4-16-9(5-6-12-16)8-14(2)19(17,18)10-7-11-13-15(10)3/h5-7H,4,8H2,1-3H3. The zero-order valence-electron chi connectivity index (χ0n) is 11.1. The van der Waals surface area contributed by atoms with Crippen molar-refractivity contribution in [1.82, 2.24) is 29.1 Å². The highest BCUT2D eigenvalue weighted by molar-refractivity contribution is 7.89.